The largest absolute Gasteiger partial charge is 0.468 e. The molecule has 0 aliphatic carbocycles. The molecule has 0 fully saturated rings. The van der Waals surface area contributed by atoms with E-state index in [0.717, 1.165) is 18.8 Å². The third kappa shape index (κ3) is 4.92. The second-order valence-electron chi connectivity index (χ2n) is 4.81. The number of hydrogen-bond acceptors (Lipinski definition) is 3. The highest BCUT2D eigenvalue weighted by Crippen LogP contribution is 2.11. The molecule has 0 aliphatic rings. The Bertz CT molecular complexity index is 284. The molecular weight excluding hydrogens is 212 g/mol. The third-order valence-corrected chi connectivity index (χ3v) is 3.34. The minimum absolute atomic E-state index is 0.292. The molecule has 98 valence electrons. The molecule has 0 aromatic carbocycles. The van der Waals surface area contributed by atoms with Crippen molar-refractivity contribution in [3.63, 3.8) is 0 Å². The Morgan fingerprint density at radius 1 is 1.41 bits per heavy atom. The number of rotatable bonds is 8. The first-order chi connectivity index (χ1) is 8.15. The molecule has 0 amide bonds. The molecule has 0 saturated heterocycles. The van der Waals surface area contributed by atoms with Crippen molar-refractivity contribution < 1.29 is 4.42 Å². The Hall–Kier alpha value is -0.800. The van der Waals surface area contributed by atoms with Crippen LogP contribution in [0.4, 0.5) is 0 Å². The zero-order chi connectivity index (χ0) is 12.7. The van der Waals surface area contributed by atoms with E-state index in [9.17, 15) is 0 Å². The summed E-state index contributed by atoms with van der Waals surface area (Å²) in [5, 5.41) is 3.48. The lowest BCUT2D eigenvalue weighted by molar-refractivity contribution is 0.240. The SMILES string of the molecule is CCCC(C)N(C)CCNC(C)c1ccco1. The Balaban J connectivity index is 2.19. The summed E-state index contributed by atoms with van der Waals surface area (Å²) >= 11 is 0. The molecule has 0 aliphatic heterocycles. The van der Waals surface area contributed by atoms with Crippen LogP contribution in [-0.4, -0.2) is 31.1 Å². The molecule has 2 unspecified atom stereocenters. The van der Waals surface area contributed by atoms with Crippen LogP contribution in [0, 0.1) is 0 Å². The first-order valence-electron chi connectivity index (χ1n) is 6.62. The summed E-state index contributed by atoms with van der Waals surface area (Å²) in [6, 6.07) is 4.91. The highest BCUT2D eigenvalue weighted by Gasteiger charge is 2.10. The topological polar surface area (TPSA) is 28.4 Å². The van der Waals surface area contributed by atoms with E-state index < -0.39 is 0 Å². The van der Waals surface area contributed by atoms with E-state index in [-0.39, 0.29) is 0 Å². The molecule has 3 nitrogen and oxygen atoms in total. The molecule has 1 heterocycles. The van der Waals surface area contributed by atoms with Crippen molar-refractivity contribution in [2.24, 2.45) is 0 Å². The lowest BCUT2D eigenvalue weighted by Gasteiger charge is -2.25. The van der Waals surface area contributed by atoms with Crippen molar-refractivity contribution in [3.8, 4) is 0 Å². The fourth-order valence-electron chi connectivity index (χ4n) is 1.95. The van der Waals surface area contributed by atoms with Gasteiger partial charge in [0, 0.05) is 19.1 Å². The average molecular weight is 238 g/mol. The van der Waals surface area contributed by atoms with Crippen molar-refractivity contribution in [1.29, 1.82) is 0 Å². The van der Waals surface area contributed by atoms with Gasteiger partial charge in [-0.15, -0.1) is 0 Å². The van der Waals surface area contributed by atoms with Gasteiger partial charge in [-0.05, 0) is 39.4 Å². The van der Waals surface area contributed by atoms with Gasteiger partial charge in [-0.3, -0.25) is 0 Å². The molecule has 1 aromatic heterocycles. The molecule has 1 N–H and O–H groups in total. The highest BCUT2D eigenvalue weighted by atomic mass is 16.3. The number of likely N-dealkylation sites (N-methyl/N-ethyl adjacent to an activating group) is 1. The quantitative estimate of drug-likeness (QED) is 0.754. The number of nitrogens with one attached hydrogen (secondary N) is 1. The summed E-state index contributed by atoms with van der Waals surface area (Å²) in [5.41, 5.74) is 0. The normalized spacial score (nSPS) is 15.1. The van der Waals surface area contributed by atoms with Crippen molar-refractivity contribution in [1.82, 2.24) is 10.2 Å². The first-order valence-corrected chi connectivity index (χ1v) is 6.62. The summed E-state index contributed by atoms with van der Waals surface area (Å²) in [6.07, 6.45) is 4.24. The van der Waals surface area contributed by atoms with Crippen LogP contribution in [0.15, 0.2) is 22.8 Å². The van der Waals surface area contributed by atoms with Crippen LogP contribution in [-0.2, 0) is 0 Å². The minimum Gasteiger partial charge on any atom is -0.468 e. The van der Waals surface area contributed by atoms with Crippen LogP contribution in [0.3, 0.4) is 0 Å². The minimum atomic E-state index is 0.292. The molecule has 0 spiro atoms. The fourth-order valence-corrected chi connectivity index (χ4v) is 1.95. The van der Waals surface area contributed by atoms with Gasteiger partial charge < -0.3 is 14.6 Å². The Kier molecular flexibility index (Phi) is 6.30. The predicted molar refractivity (Wildman–Crippen MR) is 72.1 cm³/mol. The van der Waals surface area contributed by atoms with Gasteiger partial charge in [0.15, 0.2) is 0 Å². The number of hydrogen-bond donors (Lipinski definition) is 1. The van der Waals surface area contributed by atoms with Gasteiger partial charge in [-0.2, -0.15) is 0 Å². The lowest BCUT2D eigenvalue weighted by Crippen LogP contribution is -2.35. The van der Waals surface area contributed by atoms with Crippen LogP contribution in [0.5, 0.6) is 0 Å². The monoisotopic (exact) mass is 238 g/mol. The highest BCUT2D eigenvalue weighted by molar-refractivity contribution is 5.02. The fraction of sp³-hybridized carbons (Fsp3) is 0.714. The van der Waals surface area contributed by atoms with E-state index in [1.54, 1.807) is 6.26 Å². The van der Waals surface area contributed by atoms with Crippen LogP contribution in [0.25, 0.3) is 0 Å². The van der Waals surface area contributed by atoms with E-state index in [1.807, 2.05) is 12.1 Å². The third-order valence-electron chi connectivity index (χ3n) is 3.34. The Labute approximate surface area is 105 Å². The molecule has 1 rings (SSSR count). The van der Waals surface area contributed by atoms with Gasteiger partial charge in [0.2, 0.25) is 0 Å². The molecule has 17 heavy (non-hydrogen) atoms. The van der Waals surface area contributed by atoms with E-state index in [0.29, 0.717) is 12.1 Å². The number of nitrogens with zero attached hydrogens (tertiary/aromatic N) is 1. The smallest absolute Gasteiger partial charge is 0.120 e. The Morgan fingerprint density at radius 2 is 2.18 bits per heavy atom. The molecule has 3 heteroatoms. The second kappa shape index (κ2) is 7.51. The maximum atomic E-state index is 5.36. The van der Waals surface area contributed by atoms with Gasteiger partial charge in [-0.25, -0.2) is 0 Å². The van der Waals surface area contributed by atoms with Gasteiger partial charge in [0.25, 0.3) is 0 Å². The number of furan rings is 1. The van der Waals surface area contributed by atoms with Gasteiger partial charge in [0.1, 0.15) is 5.76 Å². The maximum absolute atomic E-state index is 5.36. The first kappa shape index (κ1) is 14.3. The summed E-state index contributed by atoms with van der Waals surface area (Å²) in [6.45, 7) is 8.73. The van der Waals surface area contributed by atoms with Crippen LogP contribution >= 0.6 is 0 Å². The Morgan fingerprint density at radius 3 is 2.76 bits per heavy atom. The standard InChI is InChI=1S/C14H26N2O/c1-5-7-12(2)16(4)10-9-15-13(3)14-8-6-11-17-14/h6,8,11-13,15H,5,7,9-10H2,1-4H3. The summed E-state index contributed by atoms with van der Waals surface area (Å²) in [4.78, 5) is 2.41. The second-order valence-corrected chi connectivity index (χ2v) is 4.81. The van der Waals surface area contributed by atoms with Crippen LogP contribution in [0.1, 0.15) is 45.4 Å². The zero-order valence-electron chi connectivity index (χ0n) is 11.6. The van der Waals surface area contributed by atoms with E-state index in [1.165, 1.54) is 12.8 Å². The van der Waals surface area contributed by atoms with Gasteiger partial charge in [0.05, 0.1) is 12.3 Å². The van der Waals surface area contributed by atoms with Gasteiger partial charge >= 0.3 is 0 Å². The van der Waals surface area contributed by atoms with Crippen LogP contribution in [0.2, 0.25) is 0 Å². The summed E-state index contributed by atoms with van der Waals surface area (Å²) in [7, 11) is 2.19. The molecule has 0 radical (unpaired) electrons. The average Bonchev–Trinajstić information content (AvgIpc) is 2.82. The van der Waals surface area contributed by atoms with Crippen molar-refractivity contribution in [2.45, 2.75) is 45.7 Å². The van der Waals surface area contributed by atoms with Crippen LogP contribution < -0.4 is 5.32 Å². The molecule has 1 aromatic rings. The molecule has 2 atom stereocenters. The molecule has 0 saturated carbocycles. The van der Waals surface area contributed by atoms with Crippen molar-refractivity contribution >= 4 is 0 Å². The van der Waals surface area contributed by atoms with E-state index in [2.05, 4.69) is 38.0 Å². The maximum Gasteiger partial charge on any atom is 0.120 e. The van der Waals surface area contributed by atoms with E-state index in [4.69, 9.17) is 4.42 Å². The predicted octanol–water partition coefficient (Wildman–Crippen LogP) is 3.05. The summed E-state index contributed by atoms with van der Waals surface area (Å²) in [5.74, 6) is 1.01. The van der Waals surface area contributed by atoms with E-state index >= 15 is 0 Å². The summed E-state index contributed by atoms with van der Waals surface area (Å²) < 4.78 is 5.36. The van der Waals surface area contributed by atoms with Crippen molar-refractivity contribution in [3.05, 3.63) is 24.2 Å². The zero-order valence-corrected chi connectivity index (χ0v) is 11.6. The molecular formula is C14H26N2O. The van der Waals surface area contributed by atoms with Gasteiger partial charge in [-0.1, -0.05) is 13.3 Å². The molecule has 0 bridgehead atoms. The lowest BCUT2D eigenvalue weighted by atomic mass is 10.2. The van der Waals surface area contributed by atoms with Crippen molar-refractivity contribution in [2.75, 3.05) is 20.1 Å².